The highest BCUT2D eigenvalue weighted by molar-refractivity contribution is 6.04. The average Bonchev–Trinajstić information content (AvgIpc) is 2.89. The van der Waals surface area contributed by atoms with Gasteiger partial charge in [-0.1, -0.05) is 0 Å². The highest BCUT2D eigenvalue weighted by Crippen LogP contribution is 2.25. The number of ether oxygens (including phenoxy) is 3. The molecule has 0 radical (unpaired) electrons. The molecule has 4 rings (SSSR count). The maximum atomic E-state index is 12.9. The highest BCUT2D eigenvalue weighted by Gasteiger charge is 2.19. The van der Waals surface area contributed by atoms with Gasteiger partial charge in [-0.25, -0.2) is 9.78 Å². The highest BCUT2D eigenvalue weighted by atomic mass is 16.5. The molecular weight excluding hydrogens is 480 g/mol. The number of carbonyl (C=O) groups is 3. The summed E-state index contributed by atoms with van der Waals surface area (Å²) in [5, 5.41) is 11.6. The molecule has 11 heteroatoms. The standard InChI is InChI=1S/C26H26N4O7/c1-16(2)36-22-13-19(24(31)28-21-8-5-18(15-27-21)26(33)34)14-23(29-22)37-20-6-3-17(4-7-20)25(32)30-9-11-35-12-10-30/h3-8,13-16H,9-12H2,1-2H3,(H,33,34)(H,27,28,31). The van der Waals surface area contributed by atoms with E-state index < -0.39 is 11.9 Å². The first-order valence-electron chi connectivity index (χ1n) is 11.6. The van der Waals surface area contributed by atoms with Gasteiger partial charge in [-0.3, -0.25) is 9.59 Å². The summed E-state index contributed by atoms with van der Waals surface area (Å²) in [4.78, 5) is 46.6. The van der Waals surface area contributed by atoms with Gasteiger partial charge in [0.1, 0.15) is 11.6 Å². The van der Waals surface area contributed by atoms with E-state index in [4.69, 9.17) is 19.3 Å². The number of hydrogen-bond acceptors (Lipinski definition) is 8. The number of rotatable bonds is 8. The SMILES string of the molecule is CC(C)Oc1cc(C(=O)Nc2ccc(C(=O)O)cn2)cc(Oc2ccc(C(=O)N3CCOCC3)cc2)n1. The van der Waals surface area contributed by atoms with E-state index in [0.717, 1.165) is 6.20 Å². The third-order valence-corrected chi connectivity index (χ3v) is 5.27. The van der Waals surface area contributed by atoms with Crippen LogP contribution in [-0.2, 0) is 4.74 Å². The normalized spacial score (nSPS) is 13.2. The first-order valence-corrected chi connectivity index (χ1v) is 11.6. The van der Waals surface area contributed by atoms with E-state index in [9.17, 15) is 14.4 Å². The topological polar surface area (TPSA) is 140 Å². The summed E-state index contributed by atoms with van der Waals surface area (Å²) in [6.07, 6.45) is 0.953. The van der Waals surface area contributed by atoms with Gasteiger partial charge < -0.3 is 29.5 Å². The summed E-state index contributed by atoms with van der Waals surface area (Å²) >= 11 is 0. The minimum atomic E-state index is -1.12. The van der Waals surface area contributed by atoms with Crippen molar-refractivity contribution in [2.45, 2.75) is 20.0 Å². The van der Waals surface area contributed by atoms with Crippen molar-refractivity contribution in [2.75, 3.05) is 31.6 Å². The second kappa shape index (κ2) is 11.5. The molecule has 2 aromatic heterocycles. The molecule has 1 aliphatic heterocycles. The summed E-state index contributed by atoms with van der Waals surface area (Å²) in [5.74, 6) is -0.802. The fourth-order valence-corrected chi connectivity index (χ4v) is 3.48. The minimum Gasteiger partial charge on any atom is -0.478 e. The summed E-state index contributed by atoms with van der Waals surface area (Å²) in [5.41, 5.74) is 0.729. The molecule has 2 amide bonds. The lowest BCUT2D eigenvalue weighted by atomic mass is 10.2. The molecule has 3 aromatic rings. The van der Waals surface area contributed by atoms with Crippen molar-refractivity contribution >= 4 is 23.6 Å². The van der Waals surface area contributed by atoms with Crippen molar-refractivity contribution in [3.8, 4) is 17.5 Å². The number of morpholine rings is 1. The number of pyridine rings is 2. The predicted octanol–water partition coefficient (Wildman–Crippen LogP) is 3.48. The van der Waals surface area contributed by atoms with Crippen LogP contribution >= 0.6 is 0 Å². The molecule has 1 aliphatic rings. The number of carboxylic acids is 1. The number of carboxylic acid groups (broad SMARTS) is 1. The second-order valence-corrected chi connectivity index (χ2v) is 8.42. The van der Waals surface area contributed by atoms with E-state index in [1.54, 1.807) is 29.2 Å². The van der Waals surface area contributed by atoms with Crippen LogP contribution in [0, 0.1) is 0 Å². The van der Waals surface area contributed by atoms with Crippen LogP contribution < -0.4 is 14.8 Å². The summed E-state index contributed by atoms with van der Waals surface area (Å²) in [6, 6.07) is 12.3. The van der Waals surface area contributed by atoms with Crippen molar-refractivity contribution in [3.05, 3.63) is 71.4 Å². The zero-order chi connectivity index (χ0) is 26.4. The Balaban J connectivity index is 1.50. The summed E-state index contributed by atoms with van der Waals surface area (Å²) in [7, 11) is 0. The first kappa shape index (κ1) is 25.6. The van der Waals surface area contributed by atoms with E-state index >= 15 is 0 Å². The Morgan fingerprint density at radius 3 is 2.27 bits per heavy atom. The molecule has 11 nitrogen and oxygen atoms in total. The molecule has 0 spiro atoms. The molecule has 3 heterocycles. The number of anilines is 1. The maximum Gasteiger partial charge on any atom is 0.337 e. The quantitative estimate of drug-likeness (QED) is 0.470. The van der Waals surface area contributed by atoms with Gasteiger partial charge in [-0.15, -0.1) is 0 Å². The Kier molecular flexibility index (Phi) is 7.94. The Morgan fingerprint density at radius 2 is 1.65 bits per heavy atom. The van der Waals surface area contributed by atoms with Crippen LogP contribution in [0.4, 0.5) is 5.82 Å². The Labute approximate surface area is 213 Å². The number of amides is 2. The third kappa shape index (κ3) is 6.79. The molecule has 0 aliphatic carbocycles. The fourth-order valence-electron chi connectivity index (χ4n) is 3.48. The van der Waals surface area contributed by atoms with Crippen molar-refractivity contribution in [1.29, 1.82) is 0 Å². The van der Waals surface area contributed by atoms with Crippen molar-refractivity contribution in [1.82, 2.24) is 14.9 Å². The zero-order valence-corrected chi connectivity index (χ0v) is 20.3. The number of aromatic nitrogens is 2. The molecule has 1 fully saturated rings. The second-order valence-electron chi connectivity index (χ2n) is 8.42. The van der Waals surface area contributed by atoms with Gasteiger partial charge in [0.2, 0.25) is 11.8 Å². The minimum absolute atomic E-state index is 0.00267. The van der Waals surface area contributed by atoms with E-state index in [1.165, 1.54) is 24.3 Å². The van der Waals surface area contributed by atoms with Crippen LogP contribution in [0.5, 0.6) is 17.5 Å². The van der Waals surface area contributed by atoms with Gasteiger partial charge in [0, 0.05) is 37.0 Å². The Bertz CT molecular complexity index is 1270. The van der Waals surface area contributed by atoms with Crippen LogP contribution in [0.2, 0.25) is 0 Å². The van der Waals surface area contributed by atoms with Gasteiger partial charge in [0.15, 0.2) is 0 Å². The van der Waals surface area contributed by atoms with Crippen molar-refractivity contribution in [2.24, 2.45) is 0 Å². The first-order chi connectivity index (χ1) is 17.8. The van der Waals surface area contributed by atoms with Gasteiger partial charge >= 0.3 is 5.97 Å². The smallest absolute Gasteiger partial charge is 0.337 e. The van der Waals surface area contributed by atoms with Gasteiger partial charge in [0.05, 0.1) is 30.4 Å². The number of carbonyl (C=O) groups excluding carboxylic acids is 2. The molecule has 2 N–H and O–H groups in total. The van der Waals surface area contributed by atoms with Gasteiger partial charge in [0.25, 0.3) is 11.8 Å². The average molecular weight is 507 g/mol. The van der Waals surface area contributed by atoms with Crippen molar-refractivity contribution < 1.29 is 33.7 Å². The lowest BCUT2D eigenvalue weighted by molar-refractivity contribution is 0.0303. The van der Waals surface area contributed by atoms with Crippen LogP contribution in [0.15, 0.2) is 54.7 Å². The molecule has 0 unspecified atom stereocenters. The molecule has 37 heavy (non-hydrogen) atoms. The maximum absolute atomic E-state index is 12.9. The lowest BCUT2D eigenvalue weighted by Crippen LogP contribution is -2.40. The number of benzene rings is 1. The summed E-state index contributed by atoms with van der Waals surface area (Å²) in [6.45, 7) is 5.79. The third-order valence-electron chi connectivity index (χ3n) is 5.27. The lowest BCUT2D eigenvalue weighted by Gasteiger charge is -2.26. The number of hydrogen-bond donors (Lipinski definition) is 2. The predicted molar refractivity (Wildman–Crippen MR) is 132 cm³/mol. The molecule has 0 bridgehead atoms. The van der Waals surface area contributed by atoms with Gasteiger partial charge in [-0.05, 0) is 50.2 Å². The largest absolute Gasteiger partial charge is 0.478 e. The van der Waals surface area contributed by atoms with Gasteiger partial charge in [-0.2, -0.15) is 4.98 Å². The molecule has 192 valence electrons. The van der Waals surface area contributed by atoms with Crippen LogP contribution in [0.1, 0.15) is 44.9 Å². The number of nitrogens with one attached hydrogen (secondary N) is 1. The zero-order valence-electron chi connectivity index (χ0n) is 20.3. The van der Waals surface area contributed by atoms with Crippen LogP contribution in [0.25, 0.3) is 0 Å². The Hall–Kier alpha value is -4.51. The molecule has 0 saturated carbocycles. The Morgan fingerprint density at radius 1 is 0.973 bits per heavy atom. The van der Waals surface area contributed by atoms with E-state index in [1.807, 2.05) is 13.8 Å². The van der Waals surface area contributed by atoms with Crippen molar-refractivity contribution in [3.63, 3.8) is 0 Å². The van der Waals surface area contributed by atoms with E-state index in [-0.39, 0.29) is 40.7 Å². The molecule has 1 aromatic carbocycles. The number of aromatic carboxylic acids is 1. The molecule has 0 atom stereocenters. The van der Waals surface area contributed by atoms with E-state index in [0.29, 0.717) is 37.6 Å². The molecular formula is C26H26N4O7. The number of nitrogens with zero attached hydrogens (tertiary/aromatic N) is 3. The fraction of sp³-hybridized carbons (Fsp3) is 0.269. The molecule has 1 saturated heterocycles. The van der Waals surface area contributed by atoms with E-state index in [2.05, 4.69) is 15.3 Å². The van der Waals surface area contributed by atoms with Crippen LogP contribution in [0.3, 0.4) is 0 Å². The monoisotopic (exact) mass is 506 g/mol. The van der Waals surface area contributed by atoms with Crippen LogP contribution in [-0.4, -0.2) is 70.2 Å². The summed E-state index contributed by atoms with van der Waals surface area (Å²) < 4.78 is 16.8.